The molecule has 0 unspecified atom stereocenters. The zero-order chi connectivity index (χ0) is 15.4. The number of nitrogens with one attached hydrogen (secondary N) is 1. The van der Waals surface area contributed by atoms with Crippen molar-refractivity contribution >= 4 is 28.4 Å². The summed E-state index contributed by atoms with van der Waals surface area (Å²) >= 11 is 5.91. The van der Waals surface area contributed by atoms with Gasteiger partial charge in [-0.25, -0.2) is 0 Å². The lowest BCUT2D eigenvalue weighted by atomic mass is 10.2. The summed E-state index contributed by atoms with van der Waals surface area (Å²) in [6, 6.07) is 6.42. The highest BCUT2D eigenvalue weighted by Crippen LogP contribution is 2.16. The number of methoxy groups -OCH3 is 1. The molecule has 1 aromatic heterocycles. The smallest absolute Gasteiger partial charge is 0.240 e. The molecule has 0 aliphatic rings. The van der Waals surface area contributed by atoms with Crippen LogP contribution in [-0.2, 0) is 16.1 Å². The second-order valence-electron chi connectivity index (χ2n) is 4.89. The molecule has 1 aromatic carbocycles. The van der Waals surface area contributed by atoms with E-state index in [0.717, 1.165) is 0 Å². The van der Waals surface area contributed by atoms with Crippen LogP contribution in [0.5, 0.6) is 0 Å². The second-order valence-corrected chi connectivity index (χ2v) is 5.33. The Bertz CT molecular complexity index is 712. The van der Waals surface area contributed by atoms with Gasteiger partial charge in [0.2, 0.25) is 5.91 Å². The van der Waals surface area contributed by atoms with E-state index in [0.29, 0.717) is 22.5 Å². The Balaban J connectivity index is 2.25. The maximum absolute atomic E-state index is 12.0. The van der Waals surface area contributed by atoms with E-state index in [9.17, 15) is 9.59 Å². The highest BCUT2D eigenvalue weighted by molar-refractivity contribution is 6.31. The molecule has 0 saturated carbocycles. The van der Waals surface area contributed by atoms with Gasteiger partial charge in [0.25, 0.3) is 0 Å². The summed E-state index contributed by atoms with van der Waals surface area (Å²) < 4.78 is 6.70. The highest BCUT2D eigenvalue weighted by atomic mass is 35.5. The van der Waals surface area contributed by atoms with E-state index in [1.165, 1.54) is 6.07 Å². The molecule has 2 rings (SSSR count). The predicted octanol–water partition coefficient (Wildman–Crippen LogP) is 1.81. The summed E-state index contributed by atoms with van der Waals surface area (Å²) in [6.07, 6.45) is 1.61. The van der Waals surface area contributed by atoms with Gasteiger partial charge < -0.3 is 14.6 Å². The van der Waals surface area contributed by atoms with Gasteiger partial charge in [-0.1, -0.05) is 11.6 Å². The van der Waals surface area contributed by atoms with Crippen LogP contribution >= 0.6 is 11.6 Å². The van der Waals surface area contributed by atoms with E-state index in [-0.39, 0.29) is 23.9 Å². The SMILES string of the molecule is COC[C@H](C)NC(=O)Cn1ccc(=O)c2cc(Cl)ccc21. The number of pyridine rings is 1. The Labute approximate surface area is 127 Å². The first kappa shape index (κ1) is 15.5. The molecule has 0 bridgehead atoms. The molecule has 21 heavy (non-hydrogen) atoms. The standard InChI is InChI=1S/C15H17ClN2O3/c1-10(9-21-2)17-15(20)8-18-6-5-14(19)12-7-11(16)3-4-13(12)18/h3-7,10H,8-9H2,1-2H3,(H,17,20)/t10-/m0/s1. The molecular weight excluding hydrogens is 292 g/mol. The average molecular weight is 309 g/mol. The molecule has 0 aliphatic heterocycles. The van der Waals surface area contributed by atoms with Crippen molar-refractivity contribution in [3.05, 3.63) is 45.7 Å². The van der Waals surface area contributed by atoms with Gasteiger partial charge in [0.05, 0.1) is 12.1 Å². The summed E-state index contributed by atoms with van der Waals surface area (Å²) in [6.45, 7) is 2.45. The van der Waals surface area contributed by atoms with E-state index in [4.69, 9.17) is 16.3 Å². The minimum Gasteiger partial charge on any atom is -0.383 e. The lowest BCUT2D eigenvalue weighted by Gasteiger charge is -2.15. The Morgan fingerprint density at radius 2 is 2.19 bits per heavy atom. The fourth-order valence-electron chi connectivity index (χ4n) is 2.19. The van der Waals surface area contributed by atoms with E-state index in [2.05, 4.69) is 5.32 Å². The largest absolute Gasteiger partial charge is 0.383 e. The average Bonchev–Trinajstić information content (AvgIpc) is 2.42. The van der Waals surface area contributed by atoms with Crippen molar-refractivity contribution < 1.29 is 9.53 Å². The maximum atomic E-state index is 12.0. The molecule has 6 heteroatoms. The zero-order valence-electron chi connectivity index (χ0n) is 11.9. The van der Waals surface area contributed by atoms with Gasteiger partial charge in [-0.3, -0.25) is 9.59 Å². The number of carbonyl (C=O) groups excluding carboxylic acids is 1. The molecule has 1 N–H and O–H groups in total. The molecule has 0 saturated heterocycles. The van der Waals surface area contributed by atoms with Crippen LogP contribution in [0, 0.1) is 0 Å². The first-order chi connectivity index (χ1) is 10.0. The number of hydrogen-bond acceptors (Lipinski definition) is 3. The van der Waals surface area contributed by atoms with E-state index >= 15 is 0 Å². The fraction of sp³-hybridized carbons (Fsp3) is 0.333. The molecule has 0 fully saturated rings. The monoisotopic (exact) mass is 308 g/mol. The van der Waals surface area contributed by atoms with Gasteiger partial charge in [-0.2, -0.15) is 0 Å². The summed E-state index contributed by atoms with van der Waals surface area (Å²) in [7, 11) is 1.58. The zero-order valence-corrected chi connectivity index (χ0v) is 12.7. The number of aromatic nitrogens is 1. The van der Waals surface area contributed by atoms with Crippen molar-refractivity contribution in [1.29, 1.82) is 0 Å². The number of carbonyl (C=O) groups is 1. The minimum absolute atomic E-state index is 0.0670. The van der Waals surface area contributed by atoms with Crippen LogP contribution in [0.1, 0.15) is 6.92 Å². The molecule has 112 valence electrons. The number of halogens is 1. The highest BCUT2D eigenvalue weighted by Gasteiger charge is 2.10. The van der Waals surface area contributed by atoms with Gasteiger partial charge in [0.1, 0.15) is 6.54 Å². The number of nitrogens with zero attached hydrogens (tertiary/aromatic N) is 1. The Hall–Kier alpha value is -1.85. The van der Waals surface area contributed by atoms with E-state index < -0.39 is 0 Å². The molecule has 2 aromatic rings. The van der Waals surface area contributed by atoms with Crippen molar-refractivity contribution in [2.45, 2.75) is 19.5 Å². The predicted molar refractivity (Wildman–Crippen MR) is 82.7 cm³/mol. The van der Waals surface area contributed by atoms with Gasteiger partial charge in [0, 0.05) is 35.8 Å². The van der Waals surface area contributed by atoms with Crippen molar-refractivity contribution in [3.8, 4) is 0 Å². The molecule has 0 radical (unpaired) electrons. The summed E-state index contributed by atoms with van der Waals surface area (Å²) in [5.41, 5.74) is 0.568. The van der Waals surface area contributed by atoms with Crippen molar-refractivity contribution in [3.63, 3.8) is 0 Å². The Morgan fingerprint density at radius 3 is 2.90 bits per heavy atom. The third-order valence-electron chi connectivity index (χ3n) is 3.08. The molecule has 5 nitrogen and oxygen atoms in total. The molecular formula is C15H17ClN2O3. The van der Waals surface area contributed by atoms with E-state index in [1.807, 2.05) is 6.92 Å². The van der Waals surface area contributed by atoms with Crippen LogP contribution in [0.15, 0.2) is 35.3 Å². The van der Waals surface area contributed by atoms with Crippen LogP contribution in [0.25, 0.3) is 10.9 Å². The summed E-state index contributed by atoms with van der Waals surface area (Å²) in [5.74, 6) is -0.139. The Morgan fingerprint density at radius 1 is 1.43 bits per heavy atom. The number of rotatable bonds is 5. The molecule has 1 heterocycles. The normalized spacial score (nSPS) is 12.3. The molecule has 0 aliphatic carbocycles. The lowest BCUT2D eigenvalue weighted by molar-refractivity contribution is -0.122. The number of hydrogen-bond donors (Lipinski definition) is 1. The molecule has 1 amide bonds. The lowest BCUT2D eigenvalue weighted by Crippen LogP contribution is -2.37. The molecule has 1 atom stereocenters. The van der Waals surface area contributed by atoms with Crippen LogP contribution in [0.4, 0.5) is 0 Å². The Kier molecular flexibility index (Phi) is 4.98. The van der Waals surface area contributed by atoms with Crippen molar-refractivity contribution in [1.82, 2.24) is 9.88 Å². The minimum atomic E-state index is -0.139. The van der Waals surface area contributed by atoms with Crippen molar-refractivity contribution in [2.75, 3.05) is 13.7 Å². The first-order valence-electron chi connectivity index (χ1n) is 6.58. The van der Waals surface area contributed by atoms with Gasteiger partial charge in [-0.05, 0) is 25.1 Å². The topological polar surface area (TPSA) is 60.3 Å². The van der Waals surface area contributed by atoms with Crippen LogP contribution in [0.2, 0.25) is 5.02 Å². The van der Waals surface area contributed by atoms with Crippen LogP contribution in [0.3, 0.4) is 0 Å². The third-order valence-corrected chi connectivity index (χ3v) is 3.31. The maximum Gasteiger partial charge on any atom is 0.240 e. The summed E-state index contributed by atoms with van der Waals surface area (Å²) in [4.78, 5) is 23.8. The first-order valence-corrected chi connectivity index (χ1v) is 6.96. The van der Waals surface area contributed by atoms with Gasteiger partial charge in [-0.15, -0.1) is 0 Å². The second kappa shape index (κ2) is 6.74. The summed E-state index contributed by atoms with van der Waals surface area (Å²) in [5, 5.41) is 3.83. The van der Waals surface area contributed by atoms with Gasteiger partial charge in [0.15, 0.2) is 5.43 Å². The number of fused-ring (bicyclic) bond motifs is 1. The van der Waals surface area contributed by atoms with Crippen molar-refractivity contribution in [2.24, 2.45) is 0 Å². The van der Waals surface area contributed by atoms with Gasteiger partial charge >= 0.3 is 0 Å². The quantitative estimate of drug-likeness (QED) is 0.916. The number of benzene rings is 1. The fourth-order valence-corrected chi connectivity index (χ4v) is 2.36. The number of ether oxygens (including phenoxy) is 1. The van der Waals surface area contributed by atoms with Crippen LogP contribution < -0.4 is 10.7 Å². The molecule has 0 spiro atoms. The van der Waals surface area contributed by atoms with E-state index in [1.54, 1.807) is 36.1 Å². The third kappa shape index (κ3) is 3.83. The van der Waals surface area contributed by atoms with Crippen LogP contribution in [-0.4, -0.2) is 30.2 Å². The number of amides is 1.